The van der Waals surface area contributed by atoms with Crippen molar-refractivity contribution in [3.05, 3.63) is 40.3 Å². The van der Waals surface area contributed by atoms with Gasteiger partial charge in [-0.05, 0) is 30.9 Å². The van der Waals surface area contributed by atoms with E-state index in [1.54, 1.807) is 0 Å². The third-order valence-electron chi connectivity index (χ3n) is 2.70. The fourth-order valence-electron chi connectivity index (χ4n) is 1.78. The number of hydrogen-bond donors (Lipinski definition) is 1. The van der Waals surface area contributed by atoms with Gasteiger partial charge in [0.15, 0.2) is 0 Å². The van der Waals surface area contributed by atoms with Crippen molar-refractivity contribution >= 4 is 11.3 Å². The number of aromatic nitrogens is 2. The highest BCUT2D eigenvalue weighted by Crippen LogP contribution is 2.12. The molecule has 4 heteroatoms. The van der Waals surface area contributed by atoms with Gasteiger partial charge in [-0.15, -0.1) is 11.3 Å². The number of nitrogens with zero attached hydrogens (tertiary/aromatic N) is 2. The van der Waals surface area contributed by atoms with Crippen LogP contribution in [0.15, 0.2) is 29.8 Å². The van der Waals surface area contributed by atoms with Crippen LogP contribution in [-0.2, 0) is 13.5 Å². The summed E-state index contributed by atoms with van der Waals surface area (Å²) in [7, 11) is 1.98. The van der Waals surface area contributed by atoms with Gasteiger partial charge in [-0.3, -0.25) is 4.68 Å². The van der Waals surface area contributed by atoms with E-state index in [0.717, 1.165) is 13.0 Å². The van der Waals surface area contributed by atoms with Crippen LogP contribution in [-0.4, -0.2) is 16.3 Å². The molecule has 0 fully saturated rings. The maximum atomic E-state index is 4.17. The van der Waals surface area contributed by atoms with Crippen LogP contribution in [0.2, 0.25) is 0 Å². The number of nitrogens with one attached hydrogen (secondary N) is 1. The van der Waals surface area contributed by atoms with Gasteiger partial charge in [0.05, 0.1) is 5.69 Å². The summed E-state index contributed by atoms with van der Waals surface area (Å²) in [6, 6.07) is 6.70. The number of hydrogen-bond acceptors (Lipinski definition) is 3. The van der Waals surface area contributed by atoms with Crippen molar-refractivity contribution in [2.45, 2.75) is 19.4 Å². The Morgan fingerprint density at radius 1 is 1.50 bits per heavy atom. The van der Waals surface area contributed by atoms with Gasteiger partial charge in [0.25, 0.3) is 0 Å². The third kappa shape index (κ3) is 2.71. The van der Waals surface area contributed by atoms with E-state index in [9.17, 15) is 0 Å². The van der Waals surface area contributed by atoms with E-state index >= 15 is 0 Å². The number of thiophene rings is 1. The van der Waals surface area contributed by atoms with E-state index in [-0.39, 0.29) is 0 Å². The minimum Gasteiger partial charge on any atom is -0.309 e. The summed E-state index contributed by atoms with van der Waals surface area (Å²) in [6.07, 6.45) is 2.94. The number of aryl methyl sites for hydroxylation is 1. The monoisotopic (exact) mass is 235 g/mol. The minimum atomic E-state index is 0.354. The van der Waals surface area contributed by atoms with E-state index < -0.39 is 0 Å². The molecule has 0 aromatic carbocycles. The molecule has 0 aliphatic heterocycles. The molecule has 0 aliphatic rings. The maximum Gasteiger partial charge on any atom is 0.0547 e. The normalized spacial score (nSPS) is 12.9. The van der Waals surface area contributed by atoms with Crippen molar-refractivity contribution in [2.75, 3.05) is 6.54 Å². The second kappa shape index (κ2) is 5.27. The lowest BCUT2D eigenvalue weighted by atomic mass is 10.2. The summed E-state index contributed by atoms with van der Waals surface area (Å²) in [4.78, 5) is 1.43. The largest absolute Gasteiger partial charge is 0.309 e. The van der Waals surface area contributed by atoms with Gasteiger partial charge in [-0.25, -0.2) is 0 Å². The highest BCUT2D eigenvalue weighted by molar-refractivity contribution is 7.09. The molecule has 1 atom stereocenters. The molecule has 2 aromatic rings. The van der Waals surface area contributed by atoms with E-state index in [4.69, 9.17) is 0 Å². The van der Waals surface area contributed by atoms with E-state index in [0.29, 0.717) is 6.04 Å². The molecule has 0 saturated heterocycles. The molecule has 2 aromatic heterocycles. The molecule has 2 heterocycles. The van der Waals surface area contributed by atoms with E-state index in [2.05, 4.69) is 40.9 Å². The molecule has 1 N–H and O–H groups in total. The predicted octanol–water partition coefficient (Wildman–Crippen LogP) is 2.37. The molecule has 16 heavy (non-hydrogen) atoms. The summed E-state index contributed by atoms with van der Waals surface area (Å²) in [5, 5.41) is 9.81. The van der Waals surface area contributed by atoms with Crippen LogP contribution in [0.4, 0.5) is 0 Å². The van der Waals surface area contributed by atoms with Crippen molar-refractivity contribution in [3.63, 3.8) is 0 Å². The SMILES string of the molecule is CC(NCCc1cccs1)c1ccnn1C. The fraction of sp³-hybridized carbons (Fsp3) is 0.417. The Balaban J connectivity index is 1.80. The van der Waals surface area contributed by atoms with Gasteiger partial charge in [-0.1, -0.05) is 6.07 Å². The second-order valence-corrected chi connectivity index (χ2v) is 4.92. The molecule has 0 saturated carbocycles. The Morgan fingerprint density at radius 3 is 3.00 bits per heavy atom. The van der Waals surface area contributed by atoms with Crippen LogP contribution in [0, 0.1) is 0 Å². The first kappa shape index (κ1) is 11.4. The minimum absolute atomic E-state index is 0.354. The lowest BCUT2D eigenvalue weighted by Crippen LogP contribution is -2.23. The van der Waals surface area contributed by atoms with Gasteiger partial charge in [0.2, 0.25) is 0 Å². The first-order chi connectivity index (χ1) is 7.77. The van der Waals surface area contributed by atoms with Crippen LogP contribution in [0.25, 0.3) is 0 Å². The Morgan fingerprint density at radius 2 is 2.38 bits per heavy atom. The summed E-state index contributed by atoms with van der Waals surface area (Å²) in [5.74, 6) is 0. The van der Waals surface area contributed by atoms with Crippen molar-refractivity contribution < 1.29 is 0 Å². The van der Waals surface area contributed by atoms with Crippen molar-refractivity contribution in [1.29, 1.82) is 0 Å². The Kier molecular flexibility index (Phi) is 3.74. The maximum absolute atomic E-state index is 4.17. The number of rotatable bonds is 5. The molecular weight excluding hydrogens is 218 g/mol. The highest BCUT2D eigenvalue weighted by atomic mass is 32.1. The molecule has 86 valence electrons. The molecule has 0 radical (unpaired) electrons. The molecular formula is C12H17N3S. The van der Waals surface area contributed by atoms with Crippen LogP contribution in [0.1, 0.15) is 23.5 Å². The van der Waals surface area contributed by atoms with Crippen molar-refractivity contribution in [3.8, 4) is 0 Å². The van der Waals surface area contributed by atoms with E-state index in [1.807, 2.05) is 29.3 Å². The Bertz CT molecular complexity index is 419. The molecule has 1 unspecified atom stereocenters. The van der Waals surface area contributed by atoms with Crippen molar-refractivity contribution in [1.82, 2.24) is 15.1 Å². The molecule has 0 spiro atoms. The average Bonchev–Trinajstić information content (AvgIpc) is 2.88. The molecule has 0 bridgehead atoms. The fourth-order valence-corrected chi connectivity index (χ4v) is 2.49. The van der Waals surface area contributed by atoms with Gasteiger partial charge in [-0.2, -0.15) is 5.10 Å². The van der Waals surface area contributed by atoms with E-state index in [1.165, 1.54) is 10.6 Å². The zero-order chi connectivity index (χ0) is 11.4. The summed E-state index contributed by atoms with van der Waals surface area (Å²) in [5.41, 5.74) is 1.23. The van der Waals surface area contributed by atoms with Gasteiger partial charge in [0.1, 0.15) is 0 Å². The topological polar surface area (TPSA) is 29.9 Å². The molecule has 2 rings (SSSR count). The standard InChI is InChI=1S/C12H17N3S/c1-10(12-6-8-14-15(12)2)13-7-5-11-4-3-9-16-11/h3-4,6,8-10,13H,5,7H2,1-2H3. The molecule has 3 nitrogen and oxygen atoms in total. The Labute approximate surface area is 100 Å². The average molecular weight is 235 g/mol. The lowest BCUT2D eigenvalue weighted by Gasteiger charge is -2.13. The quantitative estimate of drug-likeness (QED) is 0.862. The van der Waals surface area contributed by atoms with Gasteiger partial charge >= 0.3 is 0 Å². The van der Waals surface area contributed by atoms with Crippen molar-refractivity contribution in [2.24, 2.45) is 7.05 Å². The smallest absolute Gasteiger partial charge is 0.0547 e. The zero-order valence-corrected chi connectivity index (χ0v) is 10.5. The zero-order valence-electron chi connectivity index (χ0n) is 9.68. The lowest BCUT2D eigenvalue weighted by molar-refractivity contribution is 0.534. The summed E-state index contributed by atoms with van der Waals surface area (Å²) >= 11 is 1.82. The van der Waals surface area contributed by atoms with Gasteiger partial charge in [0, 0.05) is 30.7 Å². The highest BCUT2D eigenvalue weighted by Gasteiger charge is 2.07. The molecule has 0 amide bonds. The third-order valence-corrected chi connectivity index (χ3v) is 3.64. The van der Waals surface area contributed by atoms with Crippen LogP contribution >= 0.6 is 11.3 Å². The predicted molar refractivity (Wildman–Crippen MR) is 67.6 cm³/mol. The summed E-state index contributed by atoms with van der Waals surface area (Å²) < 4.78 is 1.92. The van der Waals surface area contributed by atoms with Crippen LogP contribution in [0.5, 0.6) is 0 Å². The summed E-state index contributed by atoms with van der Waals surface area (Å²) in [6.45, 7) is 3.18. The van der Waals surface area contributed by atoms with Crippen LogP contribution < -0.4 is 5.32 Å². The second-order valence-electron chi connectivity index (χ2n) is 3.88. The van der Waals surface area contributed by atoms with Crippen LogP contribution in [0.3, 0.4) is 0 Å². The first-order valence-electron chi connectivity index (χ1n) is 5.51. The molecule has 0 aliphatic carbocycles. The first-order valence-corrected chi connectivity index (χ1v) is 6.39. The Hall–Kier alpha value is -1.13. The van der Waals surface area contributed by atoms with Gasteiger partial charge < -0.3 is 5.32 Å².